The van der Waals surface area contributed by atoms with Crippen molar-refractivity contribution in [2.24, 2.45) is 23.2 Å². The molecule has 0 nitrogen and oxygen atoms in total. The van der Waals surface area contributed by atoms with Crippen molar-refractivity contribution in [1.82, 2.24) is 0 Å². The maximum absolute atomic E-state index is 14.3. The molecule has 3 heteroatoms. The Labute approximate surface area is 133 Å². The van der Waals surface area contributed by atoms with Crippen LogP contribution in [0.2, 0.25) is 0 Å². The van der Waals surface area contributed by atoms with Crippen LogP contribution in [0, 0.1) is 41.7 Å². The van der Waals surface area contributed by atoms with E-state index >= 15 is 0 Å². The van der Waals surface area contributed by atoms with Crippen molar-refractivity contribution in [2.75, 3.05) is 0 Å². The van der Waals surface area contributed by atoms with Crippen LogP contribution in [0.15, 0.2) is 12.1 Å². The highest BCUT2D eigenvalue weighted by molar-refractivity contribution is 9.09. The van der Waals surface area contributed by atoms with Gasteiger partial charge in [0.1, 0.15) is 11.6 Å². The van der Waals surface area contributed by atoms with Crippen LogP contribution in [0.5, 0.6) is 0 Å². The molecule has 0 spiro atoms. The minimum absolute atomic E-state index is 0.0256. The van der Waals surface area contributed by atoms with Crippen LogP contribution in [-0.2, 0) is 0 Å². The Morgan fingerprint density at radius 3 is 2.05 bits per heavy atom. The lowest BCUT2D eigenvalue weighted by Gasteiger charge is -2.58. The van der Waals surface area contributed by atoms with Crippen molar-refractivity contribution in [3.63, 3.8) is 0 Å². The first-order valence-electron chi connectivity index (χ1n) is 8.06. The second kappa shape index (κ2) is 4.78. The number of rotatable bonds is 2. The fourth-order valence-electron chi connectivity index (χ4n) is 5.69. The van der Waals surface area contributed by atoms with Gasteiger partial charge in [-0.15, -0.1) is 0 Å². The summed E-state index contributed by atoms with van der Waals surface area (Å²) >= 11 is 3.82. The van der Waals surface area contributed by atoms with E-state index in [0.29, 0.717) is 11.1 Å². The van der Waals surface area contributed by atoms with Crippen molar-refractivity contribution in [3.05, 3.63) is 34.9 Å². The molecule has 1 unspecified atom stereocenters. The number of aryl methyl sites for hydroxylation is 1. The van der Waals surface area contributed by atoms with E-state index in [1.807, 2.05) is 0 Å². The average molecular weight is 355 g/mol. The van der Waals surface area contributed by atoms with Crippen molar-refractivity contribution in [1.29, 1.82) is 0 Å². The number of hydrogen-bond acceptors (Lipinski definition) is 0. The SMILES string of the molecule is Cc1cc(C(Br)C23CC4CC(CC(C4)C2)C3)c(F)cc1F. The van der Waals surface area contributed by atoms with Crippen LogP contribution >= 0.6 is 15.9 Å². The van der Waals surface area contributed by atoms with E-state index in [2.05, 4.69) is 15.9 Å². The third-order valence-electron chi connectivity index (χ3n) is 6.17. The zero-order valence-electron chi connectivity index (χ0n) is 12.3. The van der Waals surface area contributed by atoms with Gasteiger partial charge in [0.2, 0.25) is 0 Å². The first-order valence-corrected chi connectivity index (χ1v) is 8.98. The molecule has 4 fully saturated rings. The van der Waals surface area contributed by atoms with E-state index in [1.54, 1.807) is 13.0 Å². The molecule has 4 bridgehead atoms. The summed E-state index contributed by atoms with van der Waals surface area (Å²) in [6.07, 6.45) is 7.78. The molecule has 4 aliphatic rings. The summed E-state index contributed by atoms with van der Waals surface area (Å²) in [6.45, 7) is 1.72. The highest BCUT2D eigenvalue weighted by Gasteiger charge is 2.54. The van der Waals surface area contributed by atoms with E-state index in [4.69, 9.17) is 0 Å². The highest BCUT2D eigenvalue weighted by atomic mass is 79.9. The van der Waals surface area contributed by atoms with Gasteiger partial charge in [0, 0.05) is 16.5 Å². The van der Waals surface area contributed by atoms with Crippen LogP contribution < -0.4 is 0 Å². The van der Waals surface area contributed by atoms with E-state index in [-0.39, 0.29) is 10.2 Å². The second-order valence-corrected chi connectivity index (χ2v) is 8.68. The summed E-state index contributed by atoms with van der Waals surface area (Å²) in [5.41, 5.74) is 1.40. The summed E-state index contributed by atoms with van der Waals surface area (Å²) in [5, 5.41) is 0. The molecule has 4 saturated carbocycles. The van der Waals surface area contributed by atoms with E-state index < -0.39 is 11.6 Å². The second-order valence-electron chi connectivity index (χ2n) is 7.77. The molecule has 0 aromatic heterocycles. The van der Waals surface area contributed by atoms with Gasteiger partial charge in [0.25, 0.3) is 0 Å². The van der Waals surface area contributed by atoms with Crippen molar-refractivity contribution in [3.8, 4) is 0 Å². The number of hydrogen-bond donors (Lipinski definition) is 0. The molecule has 1 aromatic carbocycles. The molecule has 0 heterocycles. The maximum Gasteiger partial charge on any atom is 0.130 e. The molecule has 0 radical (unpaired) electrons. The molecule has 1 atom stereocenters. The zero-order valence-corrected chi connectivity index (χ0v) is 13.9. The van der Waals surface area contributed by atoms with Crippen LogP contribution in [0.25, 0.3) is 0 Å². The van der Waals surface area contributed by atoms with Gasteiger partial charge >= 0.3 is 0 Å². The smallest absolute Gasteiger partial charge is 0.130 e. The van der Waals surface area contributed by atoms with Gasteiger partial charge in [-0.1, -0.05) is 15.9 Å². The lowest BCUT2D eigenvalue weighted by Crippen LogP contribution is -2.47. The van der Waals surface area contributed by atoms with Crippen LogP contribution in [0.3, 0.4) is 0 Å². The number of alkyl halides is 1. The van der Waals surface area contributed by atoms with Crippen molar-refractivity contribution < 1.29 is 8.78 Å². The summed E-state index contributed by atoms with van der Waals surface area (Å²) in [5.74, 6) is 1.67. The van der Waals surface area contributed by atoms with Crippen LogP contribution in [0.4, 0.5) is 8.78 Å². The minimum Gasteiger partial charge on any atom is -0.207 e. The van der Waals surface area contributed by atoms with E-state index in [1.165, 1.54) is 38.5 Å². The maximum atomic E-state index is 14.3. The van der Waals surface area contributed by atoms with Gasteiger partial charge in [0.05, 0.1) is 0 Å². The zero-order chi connectivity index (χ0) is 14.8. The summed E-state index contributed by atoms with van der Waals surface area (Å²) < 4.78 is 27.8. The number of benzene rings is 1. The Balaban J connectivity index is 1.71. The summed E-state index contributed by atoms with van der Waals surface area (Å²) in [7, 11) is 0. The van der Waals surface area contributed by atoms with Gasteiger partial charge < -0.3 is 0 Å². The molecule has 114 valence electrons. The first kappa shape index (κ1) is 14.2. The van der Waals surface area contributed by atoms with E-state index in [9.17, 15) is 8.78 Å². The molecule has 0 N–H and O–H groups in total. The normalized spacial score (nSPS) is 38.8. The van der Waals surface area contributed by atoms with Gasteiger partial charge in [0.15, 0.2) is 0 Å². The first-order chi connectivity index (χ1) is 9.97. The molecule has 0 amide bonds. The van der Waals surface area contributed by atoms with Crippen LogP contribution in [0.1, 0.15) is 54.5 Å². The Hall–Kier alpha value is -0.440. The molecule has 5 rings (SSSR count). The molecular formula is C18H21BrF2. The van der Waals surface area contributed by atoms with Gasteiger partial charge in [-0.05, 0) is 80.2 Å². The Kier molecular flexibility index (Phi) is 3.22. The predicted molar refractivity (Wildman–Crippen MR) is 83.4 cm³/mol. The van der Waals surface area contributed by atoms with Gasteiger partial charge in [-0.25, -0.2) is 8.78 Å². The summed E-state index contributed by atoms with van der Waals surface area (Å²) in [4.78, 5) is 0.0256. The van der Waals surface area contributed by atoms with Crippen LogP contribution in [-0.4, -0.2) is 0 Å². The molecular weight excluding hydrogens is 334 g/mol. The lowest BCUT2D eigenvalue weighted by molar-refractivity contribution is -0.0532. The van der Waals surface area contributed by atoms with Crippen molar-refractivity contribution in [2.45, 2.75) is 50.3 Å². The van der Waals surface area contributed by atoms with Gasteiger partial charge in [-0.3, -0.25) is 0 Å². The molecule has 4 aliphatic carbocycles. The Morgan fingerprint density at radius 1 is 1.00 bits per heavy atom. The third-order valence-corrected chi connectivity index (χ3v) is 7.64. The van der Waals surface area contributed by atoms with Crippen molar-refractivity contribution >= 4 is 15.9 Å². The Bertz CT molecular complexity index is 546. The predicted octanol–water partition coefficient (Wildman–Crippen LogP) is 5.93. The minimum atomic E-state index is -0.443. The molecule has 0 saturated heterocycles. The average Bonchev–Trinajstić information content (AvgIpc) is 2.40. The van der Waals surface area contributed by atoms with E-state index in [0.717, 1.165) is 23.8 Å². The lowest BCUT2D eigenvalue weighted by atomic mass is 9.48. The summed E-state index contributed by atoms with van der Waals surface area (Å²) in [6, 6.07) is 2.77. The fourth-order valence-corrected chi connectivity index (χ4v) is 6.60. The topological polar surface area (TPSA) is 0 Å². The third kappa shape index (κ3) is 2.18. The highest BCUT2D eigenvalue weighted by Crippen LogP contribution is 2.66. The quantitative estimate of drug-likeness (QED) is 0.577. The van der Waals surface area contributed by atoms with Gasteiger partial charge in [-0.2, -0.15) is 0 Å². The number of halogens is 3. The standard InChI is InChI=1S/C18H21BrF2/c1-10-2-14(16(21)6-15(10)20)17(19)18-7-11-3-12(8-18)5-13(4-11)9-18/h2,6,11-13,17H,3-5,7-9H2,1H3. The molecule has 1 aromatic rings. The monoisotopic (exact) mass is 354 g/mol. The largest absolute Gasteiger partial charge is 0.207 e. The molecule has 21 heavy (non-hydrogen) atoms. The fraction of sp³-hybridized carbons (Fsp3) is 0.667. The molecule has 0 aliphatic heterocycles. The Morgan fingerprint density at radius 2 is 1.52 bits per heavy atom.